The molecule has 0 saturated heterocycles. The molecule has 1 aromatic rings. The van der Waals surface area contributed by atoms with Gasteiger partial charge in [-0.05, 0) is 88.0 Å². The summed E-state index contributed by atoms with van der Waals surface area (Å²) < 4.78 is 0. The van der Waals surface area contributed by atoms with E-state index >= 15 is 0 Å². The van der Waals surface area contributed by atoms with E-state index in [0.29, 0.717) is 16.7 Å². The Kier molecular flexibility index (Phi) is 3.86. The minimum Gasteiger partial charge on any atom is -0.354 e. The second-order valence-corrected chi connectivity index (χ2v) is 9.26. The Morgan fingerprint density at radius 3 is 2.04 bits per heavy atom. The molecule has 25 heavy (non-hydrogen) atoms. The number of carbonyl (C=O) groups excluding carboxylic acids is 2. The van der Waals surface area contributed by atoms with E-state index in [1.54, 1.807) is 6.92 Å². The van der Waals surface area contributed by atoms with Gasteiger partial charge in [0.15, 0.2) is 5.78 Å². The standard InChI is InChI=1S/C21H30N2O2/c1-12-18(14(3)24)13(2)22-19(12)20(25)23(4)11-21-8-15-5-16(9-21)7-17(6-15)10-21/h15-17,22H,5-11H2,1-4H3. The summed E-state index contributed by atoms with van der Waals surface area (Å²) in [5, 5.41) is 0. The lowest BCUT2D eigenvalue weighted by atomic mass is 9.49. The molecule has 1 amide bonds. The molecule has 0 spiro atoms. The predicted octanol–water partition coefficient (Wildman–Crippen LogP) is 4.12. The van der Waals surface area contributed by atoms with Crippen LogP contribution in [0.5, 0.6) is 0 Å². The maximum Gasteiger partial charge on any atom is 0.270 e. The smallest absolute Gasteiger partial charge is 0.270 e. The molecule has 4 bridgehead atoms. The number of nitrogens with zero attached hydrogens (tertiary/aromatic N) is 1. The fourth-order valence-corrected chi connectivity index (χ4v) is 6.74. The lowest BCUT2D eigenvalue weighted by molar-refractivity contribution is -0.0629. The summed E-state index contributed by atoms with van der Waals surface area (Å²) in [5.74, 6) is 2.74. The first-order valence-electron chi connectivity index (χ1n) is 9.73. The highest BCUT2D eigenvalue weighted by Gasteiger charge is 2.51. The third-order valence-electron chi connectivity index (χ3n) is 7.09. The maximum atomic E-state index is 13.1. The third kappa shape index (κ3) is 2.74. The highest BCUT2D eigenvalue weighted by molar-refractivity contribution is 6.02. The van der Waals surface area contributed by atoms with Gasteiger partial charge >= 0.3 is 0 Å². The van der Waals surface area contributed by atoms with Gasteiger partial charge in [-0.3, -0.25) is 9.59 Å². The van der Waals surface area contributed by atoms with E-state index in [2.05, 4.69) is 4.98 Å². The van der Waals surface area contributed by atoms with Gasteiger partial charge in [0.2, 0.25) is 0 Å². The van der Waals surface area contributed by atoms with Crippen LogP contribution in [0.1, 0.15) is 77.6 Å². The lowest BCUT2D eigenvalue weighted by Crippen LogP contribution is -2.51. The van der Waals surface area contributed by atoms with E-state index in [1.165, 1.54) is 38.5 Å². The molecule has 1 N–H and O–H groups in total. The summed E-state index contributed by atoms with van der Waals surface area (Å²) >= 11 is 0. The molecular formula is C21H30N2O2. The Morgan fingerprint density at radius 2 is 1.60 bits per heavy atom. The van der Waals surface area contributed by atoms with Crippen LogP contribution < -0.4 is 0 Å². The third-order valence-corrected chi connectivity index (χ3v) is 7.09. The highest BCUT2D eigenvalue weighted by atomic mass is 16.2. The van der Waals surface area contributed by atoms with Crippen LogP contribution in [0.2, 0.25) is 0 Å². The monoisotopic (exact) mass is 342 g/mol. The number of amides is 1. The Balaban J connectivity index is 1.54. The fourth-order valence-electron chi connectivity index (χ4n) is 6.74. The summed E-state index contributed by atoms with van der Waals surface area (Å²) in [6, 6.07) is 0. The summed E-state index contributed by atoms with van der Waals surface area (Å²) in [6.07, 6.45) is 8.18. The second-order valence-electron chi connectivity index (χ2n) is 9.26. The zero-order chi connectivity index (χ0) is 17.9. The van der Waals surface area contributed by atoms with Gasteiger partial charge in [0.05, 0.1) is 0 Å². The van der Waals surface area contributed by atoms with E-state index < -0.39 is 0 Å². The SMILES string of the molecule is CC(=O)c1c(C)[nH]c(C(=O)N(C)CC23CC4CC(CC(C4)C2)C3)c1C. The van der Waals surface area contributed by atoms with Crippen molar-refractivity contribution in [2.75, 3.05) is 13.6 Å². The second kappa shape index (κ2) is 5.72. The summed E-state index contributed by atoms with van der Waals surface area (Å²) in [6.45, 7) is 6.18. The number of carbonyl (C=O) groups is 2. The van der Waals surface area contributed by atoms with E-state index in [4.69, 9.17) is 0 Å². The van der Waals surface area contributed by atoms with Crippen LogP contribution in [-0.2, 0) is 0 Å². The summed E-state index contributed by atoms with van der Waals surface area (Å²) in [5.41, 5.74) is 3.21. The number of Topliss-reactive ketones (excluding diaryl/α,β-unsaturated/α-hetero) is 1. The molecule has 4 aliphatic carbocycles. The van der Waals surface area contributed by atoms with Gasteiger partial charge in [0, 0.05) is 24.8 Å². The molecule has 4 nitrogen and oxygen atoms in total. The van der Waals surface area contributed by atoms with Gasteiger partial charge in [0.1, 0.15) is 5.69 Å². The molecule has 1 heterocycles. The molecule has 1 aromatic heterocycles. The summed E-state index contributed by atoms with van der Waals surface area (Å²) in [4.78, 5) is 30.0. The molecular weight excluding hydrogens is 312 g/mol. The van der Waals surface area contributed by atoms with Crippen molar-refractivity contribution < 1.29 is 9.59 Å². The van der Waals surface area contributed by atoms with Crippen LogP contribution in [0.25, 0.3) is 0 Å². The molecule has 4 saturated carbocycles. The van der Waals surface area contributed by atoms with Gasteiger partial charge in [-0.1, -0.05) is 0 Å². The number of rotatable bonds is 4. The van der Waals surface area contributed by atoms with Gasteiger partial charge in [-0.15, -0.1) is 0 Å². The predicted molar refractivity (Wildman–Crippen MR) is 97.8 cm³/mol. The van der Waals surface area contributed by atoms with Crippen LogP contribution in [0.4, 0.5) is 0 Å². The van der Waals surface area contributed by atoms with E-state index in [1.807, 2.05) is 25.8 Å². The van der Waals surface area contributed by atoms with Gasteiger partial charge in [0.25, 0.3) is 5.91 Å². The number of aromatic nitrogens is 1. The molecule has 4 fully saturated rings. The van der Waals surface area contributed by atoms with Crippen LogP contribution in [0, 0.1) is 37.0 Å². The highest BCUT2D eigenvalue weighted by Crippen LogP contribution is 2.60. The van der Waals surface area contributed by atoms with Crippen LogP contribution in [0.15, 0.2) is 0 Å². The molecule has 0 atom stereocenters. The minimum absolute atomic E-state index is 0.0223. The average Bonchev–Trinajstić information content (AvgIpc) is 2.79. The van der Waals surface area contributed by atoms with Crippen LogP contribution >= 0.6 is 0 Å². The van der Waals surface area contributed by atoms with Gasteiger partial charge in [-0.25, -0.2) is 0 Å². The van der Waals surface area contributed by atoms with E-state index in [9.17, 15) is 9.59 Å². The van der Waals surface area contributed by atoms with Crippen molar-refractivity contribution in [1.29, 1.82) is 0 Å². The summed E-state index contributed by atoms with van der Waals surface area (Å²) in [7, 11) is 1.93. The number of aromatic amines is 1. The Labute approximate surface area is 150 Å². The minimum atomic E-state index is 0.0223. The van der Waals surface area contributed by atoms with Gasteiger partial charge < -0.3 is 9.88 Å². The molecule has 0 aliphatic heterocycles. The lowest BCUT2D eigenvalue weighted by Gasteiger charge is -2.57. The zero-order valence-corrected chi connectivity index (χ0v) is 15.9. The van der Waals surface area contributed by atoms with E-state index in [-0.39, 0.29) is 11.7 Å². The molecule has 4 aliphatic rings. The number of aryl methyl sites for hydroxylation is 1. The van der Waals surface area contributed by atoms with Crippen molar-refractivity contribution in [2.24, 2.45) is 23.2 Å². The number of hydrogen-bond donors (Lipinski definition) is 1. The Morgan fingerprint density at radius 1 is 1.08 bits per heavy atom. The number of nitrogens with one attached hydrogen (secondary N) is 1. The number of H-pyrrole nitrogens is 1. The average molecular weight is 342 g/mol. The molecule has 5 rings (SSSR count). The molecule has 0 aromatic carbocycles. The molecule has 4 heteroatoms. The first-order chi connectivity index (χ1) is 11.8. The number of hydrogen-bond acceptors (Lipinski definition) is 2. The number of ketones is 1. The normalized spacial score (nSPS) is 32.9. The molecule has 0 radical (unpaired) electrons. The first-order valence-corrected chi connectivity index (χ1v) is 9.73. The van der Waals surface area contributed by atoms with Crippen molar-refractivity contribution in [3.05, 3.63) is 22.5 Å². The van der Waals surface area contributed by atoms with Crippen molar-refractivity contribution in [2.45, 2.75) is 59.3 Å². The Hall–Kier alpha value is -1.58. The van der Waals surface area contributed by atoms with Crippen molar-refractivity contribution in [1.82, 2.24) is 9.88 Å². The largest absolute Gasteiger partial charge is 0.354 e. The van der Waals surface area contributed by atoms with Crippen LogP contribution in [0.3, 0.4) is 0 Å². The zero-order valence-electron chi connectivity index (χ0n) is 15.9. The van der Waals surface area contributed by atoms with Crippen molar-refractivity contribution in [3.8, 4) is 0 Å². The maximum absolute atomic E-state index is 13.1. The fraction of sp³-hybridized carbons (Fsp3) is 0.714. The Bertz CT molecular complexity index is 695. The molecule has 0 unspecified atom stereocenters. The van der Waals surface area contributed by atoms with Crippen molar-refractivity contribution >= 4 is 11.7 Å². The molecule has 136 valence electrons. The van der Waals surface area contributed by atoms with Gasteiger partial charge in [-0.2, -0.15) is 0 Å². The first kappa shape index (κ1) is 16.9. The van der Waals surface area contributed by atoms with Crippen molar-refractivity contribution in [3.63, 3.8) is 0 Å². The topological polar surface area (TPSA) is 53.2 Å². The quantitative estimate of drug-likeness (QED) is 0.837. The van der Waals surface area contributed by atoms with E-state index in [0.717, 1.165) is 35.6 Å². The van der Waals surface area contributed by atoms with Crippen LogP contribution in [-0.4, -0.2) is 35.2 Å².